The van der Waals surface area contributed by atoms with Crippen LogP contribution in [0.2, 0.25) is 5.02 Å². The third kappa shape index (κ3) is 4.10. The monoisotopic (exact) mass is 440 g/mol. The van der Waals surface area contributed by atoms with Gasteiger partial charge in [0.15, 0.2) is 5.58 Å². The number of nitrogens with one attached hydrogen (secondary N) is 2. The minimum absolute atomic E-state index is 0.0154. The minimum Gasteiger partial charge on any atom is -0.465 e. The Balaban J connectivity index is 2.08. The second-order valence-corrected chi connectivity index (χ2v) is 7.74. The highest BCUT2D eigenvalue weighted by atomic mass is 35.5. The van der Waals surface area contributed by atoms with E-state index in [1.54, 1.807) is 0 Å². The largest absolute Gasteiger partial charge is 0.465 e. The molecule has 152 valence electrons. The molecule has 1 aromatic heterocycles. The van der Waals surface area contributed by atoms with Crippen LogP contribution >= 0.6 is 11.6 Å². The topological polar surface area (TPSA) is 145 Å². The zero-order valence-electron chi connectivity index (χ0n) is 14.9. The van der Waals surface area contributed by atoms with Crippen molar-refractivity contribution in [3.8, 4) is 0 Å². The van der Waals surface area contributed by atoms with Gasteiger partial charge in [0.25, 0.3) is 10.0 Å². The average Bonchev–Trinajstić information content (AvgIpc) is 3.04. The van der Waals surface area contributed by atoms with Gasteiger partial charge in [-0.25, -0.2) is 22.8 Å². The number of H-pyrrole nitrogens is 1. The Hall–Kier alpha value is -3.31. The van der Waals surface area contributed by atoms with E-state index in [1.165, 1.54) is 24.3 Å². The predicted molar refractivity (Wildman–Crippen MR) is 102 cm³/mol. The molecule has 2 N–H and O–H groups in total. The number of anilines is 1. The van der Waals surface area contributed by atoms with Crippen molar-refractivity contribution >= 4 is 50.3 Å². The molecule has 0 unspecified atom stereocenters. The molecule has 0 spiro atoms. The quantitative estimate of drug-likeness (QED) is 0.574. The predicted octanol–water partition coefficient (Wildman–Crippen LogP) is 2.15. The van der Waals surface area contributed by atoms with Gasteiger partial charge in [-0.2, -0.15) is 0 Å². The number of hydrogen-bond donors (Lipinski definition) is 2. The Morgan fingerprint density at radius 2 is 1.62 bits per heavy atom. The van der Waals surface area contributed by atoms with Crippen molar-refractivity contribution in [3.05, 3.63) is 57.0 Å². The molecule has 3 rings (SSSR count). The van der Waals surface area contributed by atoms with E-state index in [2.05, 4.69) is 19.2 Å². The molecule has 29 heavy (non-hydrogen) atoms. The Kier molecular flexibility index (Phi) is 5.36. The summed E-state index contributed by atoms with van der Waals surface area (Å²) >= 11 is 6.04. The minimum atomic E-state index is -4.29. The van der Waals surface area contributed by atoms with Gasteiger partial charge < -0.3 is 13.9 Å². The van der Waals surface area contributed by atoms with E-state index in [0.29, 0.717) is 0 Å². The van der Waals surface area contributed by atoms with Crippen molar-refractivity contribution in [2.75, 3.05) is 18.9 Å². The van der Waals surface area contributed by atoms with Crippen molar-refractivity contribution in [1.82, 2.24) is 4.98 Å². The van der Waals surface area contributed by atoms with E-state index in [0.717, 1.165) is 20.3 Å². The normalized spacial score (nSPS) is 11.3. The standard InChI is InChI=1S/C17H13ClN2O8S/c1-26-15(21)8-3-9(16(22)27-2)5-10(4-8)20-29(24,25)14-7-13-12(6-11(14)18)19-17(23)28-13/h3-7,20H,1-2H3,(H,19,23). The van der Waals surface area contributed by atoms with Gasteiger partial charge in [-0.3, -0.25) is 9.71 Å². The van der Waals surface area contributed by atoms with Crippen LogP contribution in [0.15, 0.2) is 44.4 Å². The number of carbonyl (C=O) groups is 2. The molecule has 0 saturated heterocycles. The second-order valence-electron chi connectivity index (χ2n) is 5.68. The van der Waals surface area contributed by atoms with Crippen LogP contribution in [0.25, 0.3) is 11.1 Å². The summed E-state index contributed by atoms with van der Waals surface area (Å²) in [6.45, 7) is 0. The highest BCUT2D eigenvalue weighted by molar-refractivity contribution is 7.92. The fourth-order valence-electron chi connectivity index (χ4n) is 2.53. The molecule has 0 saturated carbocycles. The van der Waals surface area contributed by atoms with E-state index in [4.69, 9.17) is 16.0 Å². The zero-order valence-corrected chi connectivity index (χ0v) is 16.5. The Bertz CT molecular complexity index is 1260. The van der Waals surface area contributed by atoms with Crippen LogP contribution in [0.5, 0.6) is 0 Å². The fraction of sp³-hybridized carbons (Fsp3) is 0.118. The first-order valence-corrected chi connectivity index (χ1v) is 9.67. The first-order chi connectivity index (χ1) is 13.6. The number of hydrogen-bond acceptors (Lipinski definition) is 8. The third-order valence-corrected chi connectivity index (χ3v) is 5.64. The van der Waals surface area contributed by atoms with E-state index in [9.17, 15) is 22.8 Å². The lowest BCUT2D eigenvalue weighted by molar-refractivity contribution is 0.0599. The van der Waals surface area contributed by atoms with Crippen molar-refractivity contribution in [1.29, 1.82) is 0 Å². The molecule has 2 aromatic carbocycles. The molecule has 0 bridgehead atoms. The summed E-state index contributed by atoms with van der Waals surface area (Å²) in [5.74, 6) is -2.35. The van der Waals surface area contributed by atoms with Crippen LogP contribution in [-0.2, 0) is 19.5 Å². The first kappa shape index (κ1) is 20.4. The molecule has 0 radical (unpaired) electrons. The summed E-state index contributed by atoms with van der Waals surface area (Å²) in [5, 5.41) is -0.181. The van der Waals surface area contributed by atoms with Crippen LogP contribution in [0.1, 0.15) is 20.7 Å². The second kappa shape index (κ2) is 7.60. The Morgan fingerprint density at radius 1 is 1.03 bits per heavy atom. The molecule has 12 heteroatoms. The number of rotatable bonds is 5. The third-order valence-electron chi connectivity index (χ3n) is 3.79. The van der Waals surface area contributed by atoms with E-state index in [-0.39, 0.29) is 37.8 Å². The molecule has 0 atom stereocenters. The Morgan fingerprint density at radius 3 is 2.17 bits per heavy atom. The van der Waals surface area contributed by atoms with Crippen molar-refractivity contribution < 1.29 is 31.9 Å². The molecule has 0 fully saturated rings. The number of fused-ring (bicyclic) bond motifs is 1. The number of aromatic nitrogens is 1. The molecular formula is C17H13ClN2O8S. The maximum absolute atomic E-state index is 12.8. The molecule has 1 heterocycles. The molecular weight excluding hydrogens is 428 g/mol. The van der Waals surface area contributed by atoms with Gasteiger partial charge in [0.05, 0.1) is 41.6 Å². The molecule has 0 aliphatic rings. The Labute approximate surface area is 168 Å². The van der Waals surface area contributed by atoms with E-state index < -0.39 is 27.7 Å². The number of aromatic amines is 1. The fourth-order valence-corrected chi connectivity index (χ4v) is 4.11. The number of halogens is 1. The summed E-state index contributed by atoms with van der Waals surface area (Å²) < 4.78 is 41.9. The van der Waals surface area contributed by atoms with Crippen LogP contribution in [0.4, 0.5) is 5.69 Å². The summed E-state index contributed by atoms with van der Waals surface area (Å²) in [7, 11) is -2.02. The average molecular weight is 441 g/mol. The summed E-state index contributed by atoms with van der Waals surface area (Å²) in [5.41, 5.74) is -0.0597. The number of esters is 2. The number of carbonyl (C=O) groups excluding carboxylic acids is 2. The number of ether oxygens (including phenoxy) is 2. The molecule has 3 aromatic rings. The van der Waals surface area contributed by atoms with Crippen molar-refractivity contribution in [3.63, 3.8) is 0 Å². The molecule has 10 nitrogen and oxygen atoms in total. The van der Waals surface area contributed by atoms with Crippen LogP contribution < -0.4 is 10.5 Å². The summed E-state index contributed by atoms with van der Waals surface area (Å²) in [6, 6.07) is 5.85. The first-order valence-electron chi connectivity index (χ1n) is 7.81. The van der Waals surface area contributed by atoms with Gasteiger partial charge in [0.2, 0.25) is 0 Å². The van der Waals surface area contributed by atoms with Crippen molar-refractivity contribution in [2.45, 2.75) is 4.90 Å². The maximum Gasteiger partial charge on any atom is 0.417 e. The zero-order chi connectivity index (χ0) is 21.3. The lowest BCUT2D eigenvalue weighted by Crippen LogP contribution is -2.15. The van der Waals surface area contributed by atoms with Gasteiger partial charge in [0.1, 0.15) is 4.90 Å². The smallest absolute Gasteiger partial charge is 0.417 e. The van der Waals surface area contributed by atoms with Gasteiger partial charge in [-0.1, -0.05) is 11.6 Å². The highest BCUT2D eigenvalue weighted by Crippen LogP contribution is 2.28. The number of benzene rings is 2. The lowest BCUT2D eigenvalue weighted by atomic mass is 10.1. The molecule has 0 aliphatic heterocycles. The molecule has 0 aliphatic carbocycles. The van der Waals surface area contributed by atoms with Crippen LogP contribution in [0, 0.1) is 0 Å². The number of methoxy groups -OCH3 is 2. The SMILES string of the molecule is COC(=O)c1cc(NS(=O)(=O)c2cc3oc(=O)[nH]c3cc2Cl)cc(C(=O)OC)c1. The van der Waals surface area contributed by atoms with E-state index >= 15 is 0 Å². The van der Waals surface area contributed by atoms with E-state index in [1.807, 2.05) is 0 Å². The van der Waals surface area contributed by atoms with Crippen LogP contribution in [-0.4, -0.2) is 39.6 Å². The van der Waals surface area contributed by atoms with Gasteiger partial charge in [-0.05, 0) is 24.3 Å². The number of oxazole rings is 1. The molecule has 0 amide bonds. The summed E-state index contributed by atoms with van der Waals surface area (Å²) in [6.07, 6.45) is 0. The lowest BCUT2D eigenvalue weighted by Gasteiger charge is -2.12. The summed E-state index contributed by atoms with van der Waals surface area (Å²) in [4.78, 5) is 37.0. The van der Waals surface area contributed by atoms with Gasteiger partial charge in [0, 0.05) is 6.07 Å². The highest BCUT2D eigenvalue weighted by Gasteiger charge is 2.22. The number of sulfonamides is 1. The van der Waals surface area contributed by atoms with Gasteiger partial charge in [-0.15, -0.1) is 0 Å². The van der Waals surface area contributed by atoms with Crippen molar-refractivity contribution in [2.24, 2.45) is 0 Å². The van der Waals surface area contributed by atoms with Gasteiger partial charge >= 0.3 is 17.7 Å². The van der Waals surface area contributed by atoms with Crippen LogP contribution in [0.3, 0.4) is 0 Å². The maximum atomic E-state index is 12.8.